The highest BCUT2D eigenvalue weighted by Crippen LogP contribution is 2.40. The summed E-state index contributed by atoms with van der Waals surface area (Å²) in [6.45, 7) is 0. The van der Waals surface area contributed by atoms with E-state index in [0.29, 0.717) is 18.7 Å². The average Bonchev–Trinajstić information content (AvgIpc) is 3.42. The molecule has 3 atom stereocenters. The van der Waals surface area contributed by atoms with Crippen LogP contribution >= 0.6 is 11.8 Å². The maximum atomic E-state index is 13.4. The van der Waals surface area contributed by atoms with Gasteiger partial charge in [0.15, 0.2) is 0 Å². The van der Waals surface area contributed by atoms with Crippen molar-refractivity contribution in [3.8, 4) is 11.5 Å². The van der Waals surface area contributed by atoms with E-state index in [4.69, 9.17) is 4.42 Å². The Morgan fingerprint density at radius 1 is 0.939 bits per heavy atom. The molecule has 1 aromatic heterocycles. The molecule has 33 heavy (non-hydrogen) atoms. The Labute approximate surface area is 195 Å². The van der Waals surface area contributed by atoms with Crippen molar-refractivity contribution in [3.05, 3.63) is 66.2 Å². The Morgan fingerprint density at radius 2 is 1.55 bits per heavy atom. The molecule has 1 saturated carbocycles. The second kappa shape index (κ2) is 9.31. The quantitative estimate of drug-likeness (QED) is 0.402. The molecule has 2 aliphatic rings. The third-order valence-corrected chi connectivity index (χ3v) is 7.16. The number of thioether (sulfide) groups is 1. The Hall–Kier alpha value is -3.26. The summed E-state index contributed by atoms with van der Waals surface area (Å²) in [5.41, 5.74) is 1.63. The largest absolute Gasteiger partial charge is 0.411 e. The number of hydrogen-bond acceptors (Lipinski definition) is 7. The molecule has 1 saturated heterocycles. The van der Waals surface area contributed by atoms with Crippen LogP contribution in [0, 0.1) is 11.8 Å². The molecule has 8 heteroatoms. The van der Waals surface area contributed by atoms with Gasteiger partial charge in [0.1, 0.15) is 6.04 Å². The van der Waals surface area contributed by atoms with Crippen molar-refractivity contribution >= 4 is 28.7 Å². The molecule has 0 bridgehead atoms. The van der Waals surface area contributed by atoms with Gasteiger partial charge in [-0.3, -0.25) is 19.3 Å². The summed E-state index contributed by atoms with van der Waals surface area (Å²) in [7, 11) is 0. The standard InChI is InChI=1S/C25H23N3O4S/c29-22-18-13-7-8-14-19(18)23(30)28(22)20(15-16-9-3-1-4-10-16)24(31)33-25-27-26-21(32-25)17-11-5-2-6-12-17/h1-6,9-12,18-20H,7-8,13-15H2/t18-,19+,20-/m0/s1. The molecule has 0 spiro atoms. The van der Waals surface area contributed by atoms with Crippen LogP contribution in [0.3, 0.4) is 0 Å². The lowest BCUT2D eigenvalue weighted by molar-refractivity contribution is -0.145. The van der Waals surface area contributed by atoms with E-state index < -0.39 is 6.04 Å². The van der Waals surface area contributed by atoms with Crippen molar-refractivity contribution in [2.24, 2.45) is 11.8 Å². The van der Waals surface area contributed by atoms with E-state index in [9.17, 15) is 14.4 Å². The molecule has 2 amide bonds. The third kappa shape index (κ3) is 4.35. The molecular formula is C25H23N3O4S. The van der Waals surface area contributed by atoms with Gasteiger partial charge in [0, 0.05) is 23.7 Å². The number of hydrogen-bond donors (Lipinski definition) is 0. The van der Waals surface area contributed by atoms with Crippen LogP contribution in [0.4, 0.5) is 0 Å². The highest BCUT2D eigenvalue weighted by atomic mass is 32.2. The summed E-state index contributed by atoms with van der Waals surface area (Å²) in [6.07, 6.45) is 3.53. The maximum absolute atomic E-state index is 13.4. The number of amides is 2. The van der Waals surface area contributed by atoms with Crippen molar-refractivity contribution in [1.29, 1.82) is 0 Å². The Balaban J connectivity index is 1.41. The van der Waals surface area contributed by atoms with Crippen LogP contribution in [-0.4, -0.2) is 38.1 Å². The number of nitrogens with zero attached hydrogens (tertiary/aromatic N) is 3. The van der Waals surface area contributed by atoms with Gasteiger partial charge in [0.05, 0.1) is 11.8 Å². The molecule has 2 aromatic carbocycles. The molecule has 2 heterocycles. The number of aromatic nitrogens is 2. The molecule has 5 rings (SSSR count). The number of carbonyl (C=O) groups excluding carboxylic acids is 3. The molecule has 2 fully saturated rings. The lowest BCUT2D eigenvalue weighted by atomic mass is 9.81. The molecule has 7 nitrogen and oxygen atoms in total. The number of fused-ring (bicyclic) bond motifs is 1. The Bertz CT molecular complexity index is 1140. The molecule has 0 N–H and O–H groups in total. The molecule has 0 unspecified atom stereocenters. The van der Waals surface area contributed by atoms with Crippen molar-refractivity contribution in [3.63, 3.8) is 0 Å². The van der Waals surface area contributed by atoms with Gasteiger partial charge in [0.2, 0.25) is 22.8 Å². The van der Waals surface area contributed by atoms with Gasteiger partial charge < -0.3 is 4.42 Å². The summed E-state index contributed by atoms with van der Waals surface area (Å²) in [6, 6.07) is 17.8. The smallest absolute Gasteiger partial charge is 0.284 e. The van der Waals surface area contributed by atoms with Crippen molar-refractivity contribution < 1.29 is 18.8 Å². The first kappa shape index (κ1) is 21.6. The van der Waals surface area contributed by atoms with Crippen LogP contribution < -0.4 is 0 Å². The molecule has 1 aliphatic carbocycles. The normalized spacial score (nSPS) is 21.2. The van der Waals surface area contributed by atoms with Gasteiger partial charge in [-0.25, -0.2) is 0 Å². The Morgan fingerprint density at radius 3 is 2.18 bits per heavy atom. The van der Waals surface area contributed by atoms with Crippen LogP contribution in [0.1, 0.15) is 31.2 Å². The van der Waals surface area contributed by atoms with Crippen molar-refractivity contribution in [2.45, 2.75) is 43.4 Å². The number of rotatable bonds is 6. The summed E-state index contributed by atoms with van der Waals surface area (Å²) < 4.78 is 5.68. The topological polar surface area (TPSA) is 93.4 Å². The van der Waals surface area contributed by atoms with E-state index in [1.54, 1.807) is 0 Å². The first-order chi connectivity index (χ1) is 16.1. The zero-order valence-electron chi connectivity index (χ0n) is 17.9. The zero-order valence-corrected chi connectivity index (χ0v) is 18.7. The highest BCUT2D eigenvalue weighted by molar-refractivity contribution is 8.13. The van der Waals surface area contributed by atoms with Crippen LogP contribution in [-0.2, 0) is 20.8 Å². The van der Waals surface area contributed by atoms with Crippen molar-refractivity contribution in [2.75, 3.05) is 0 Å². The van der Waals surface area contributed by atoms with E-state index in [0.717, 1.165) is 35.7 Å². The number of benzene rings is 2. The van der Waals surface area contributed by atoms with Gasteiger partial charge in [-0.2, -0.15) is 0 Å². The van der Waals surface area contributed by atoms with E-state index in [-0.39, 0.29) is 40.4 Å². The fourth-order valence-electron chi connectivity index (χ4n) is 4.71. The van der Waals surface area contributed by atoms with Gasteiger partial charge in [-0.15, -0.1) is 10.2 Å². The average molecular weight is 462 g/mol. The predicted octanol–water partition coefficient (Wildman–Crippen LogP) is 4.14. The molecule has 168 valence electrons. The third-order valence-electron chi connectivity index (χ3n) is 6.35. The summed E-state index contributed by atoms with van der Waals surface area (Å²) >= 11 is 0.785. The SMILES string of the molecule is O=C(Sc1nnc(-c2ccccc2)o1)[C@H](Cc1ccccc1)N1C(=O)[C@H]2CCCC[C@H]2C1=O. The second-order valence-corrected chi connectivity index (χ2v) is 9.37. The number of imide groups is 1. The summed E-state index contributed by atoms with van der Waals surface area (Å²) in [5.74, 6) is -0.763. The lowest BCUT2D eigenvalue weighted by Crippen LogP contribution is -2.46. The lowest BCUT2D eigenvalue weighted by Gasteiger charge is -2.25. The Kier molecular flexibility index (Phi) is 6.09. The highest BCUT2D eigenvalue weighted by Gasteiger charge is 2.52. The molecule has 1 aliphatic heterocycles. The predicted molar refractivity (Wildman–Crippen MR) is 122 cm³/mol. The van der Waals surface area contributed by atoms with E-state index >= 15 is 0 Å². The van der Waals surface area contributed by atoms with Gasteiger partial charge in [-0.1, -0.05) is 61.4 Å². The maximum Gasteiger partial charge on any atom is 0.284 e. The van der Waals surface area contributed by atoms with Crippen LogP contribution in [0.15, 0.2) is 70.3 Å². The van der Waals surface area contributed by atoms with Gasteiger partial charge in [-0.05, 0) is 30.5 Å². The fourth-order valence-corrected chi connectivity index (χ4v) is 5.41. The summed E-state index contributed by atoms with van der Waals surface area (Å²) in [4.78, 5) is 41.1. The fraction of sp³-hybridized carbons (Fsp3) is 0.320. The van der Waals surface area contributed by atoms with E-state index in [2.05, 4.69) is 10.2 Å². The first-order valence-corrected chi connectivity index (χ1v) is 11.9. The van der Waals surface area contributed by atoms with Crippen LogP contribution in [0.2, 0.25) is 0 Å². The first-order valence-electron chi connectivity index (χ1n) is 11.1. The minimum atomic E-state index is -0.921. The minimum absolute atomic E-state index is 0.0911. The van der Waals surface area contributed by atoms with E-state index in [1.165, 1.54) is 4.90 Å². The summed E-state index contributed by atoms with van der Waals surface area (Å²) in [5, 5.41) is 7.76. The molecule has 0 radical (unpaired) electrons. The second-order valence-electron chi connectivity index (χ2n) is 8.41. The minimum Gasteiger partial charge on any atom is -0.411 e. The monoisotopic (exact) mass is 461 g/mol. The molecule has 3 aromatic rings. The van der Waals surface area contributed by atoms with Crippen molar-refractivity contribution in [1.82, 2.24) is 15.1 Å². The van der Waals surface area contributed by atoms with Crippen LogP contribution in [0.5, 0.6) is 0 Å². The van der Waals surface area contributed by atoms with Crippen LogP contribution in [0.25, 0.3) is 11.5 Å². The van der Waals surface area contributed by atoms with Gasteiger partial charge in [0.25, 0.3) is 5.22 Å². The number of carbonyl (C=O) groups is 3. The number of likely N-dealkylation sites (tertiary alicyclic amines) is 1. The molecular weight excluding hydrogens is 438 g/mol. The van der Waals surface area contributed by atoms with E-state index in [1.807, 2.05) is 60.7 Å². The van der Waals surface area contributed by atoms with Gasteiger partial charge >= 0.3 is 0 Å². The zero-order chi connectivity index (χ0) is 22.8.